The van der Waals surface area contributed by atoms with Gasteiger partial charge in [0.15, 0.2) is 5.82 Å². The Morgan fingerprint density at radius 3 is 2.21 bits per heavy atom. The van der Waals surface area contributed by atoms with Gasteiger partial charge in [-0.15, -0.1) is 21.5 Å². The molecule has 5 heterocycles. The normalized spacial score (nSPS) is 21.4. The average molecular weight is 871 g/mol. The highest BCUT2D eigenvalue weighted by Crippen LogP contribution is 2.49. The van der Waals surface area contributed by atoms with Crippen molar-refractivity contribution >= 4 is 22.7 Å². The van der Waals surface area contributed by atoms with E-state index < -0.39 is 23.2 Å². The van der Waals surface area contributed by atoms with E-state index >= 15 is 8.78 Å². The number of hydrogen-bond donors (Lipinski definition) is 2. The van der Waals surface area contributed by atoms with Crippen LogP contribution in [0.25, 0.3) is 5.00 Å². The number of phenolic OH excluding ortho intramolecular Hbond substituents is 1. The van der Waals surface area contributed by atoms with E-state index in [1.165, 1.54) is 34.7 Å². The summed E-state index contributed by atoms with van der Waals surface area (Å²) in [6.07, 6.45) is 4.04. The first-order valence-electron chi connectivity index (χ1n) is 22.3. The SMILES string of the molecule is Cc1sc2c(c1C)C(c1ccc(N3CCC(O)(CN4CCC(c5cc(F)c(C6c7ccc(O)cc7CCC6c6ccc(F)cc6)c(F)c5)CC4)CC3)cc1)=N[C@@H](C)c1nnc(C)n1-2. The molecule has 2 aromatic heterocycles. The van der Waals surface area contributed by atoms with Crippen LogP contribution in [0.3, 0.4) is 0 Å². The van der Waals surface area contributed by atoms with E-state index in [0.717, 1.165) is 94.9 Å². The first kappa shape index (κ1) is 41.7. The lowest BCUT2D eigenvalue weighted by molar-refractivity contribution is -0.0213. The third-order valence-electron chi connectivity index (χ3n) is 14.4. The lowest BCUT2D eigenvalue weighted by Gasteiger charge is -2.43. The number of piperidine rings is 2. The van der Waals surface area contributed by atoms with Gasteiger partial charge in [-0.05, 0) is 167 Å². The number of thiophene rings is 1. The first-order chi connectivity index (χ1) is 30.3. The van der Waals surface area contributed by atoms with Gasteiger partial charge in [-0.1, -0.05) is 30.3 Å². The Balaban J connectivity index is 0.783. The number of aryl methyl sites for hydroxylation is 3. The number of fused-ring (bicyclic) bond motifs is 4. The van der Waals surface area contributed by atoms with Gasteiger partial charge in [-0.2, -0.15) is 0 Å². The van der Waals surface area contributed by atoms with Crippen LogP contribution in [0.5, 0.6) is 5.75 Å². The van der Waals surface area contributed by atoms with Gasteiger partial charge in [0.05, 0.1) is 11.3 Å². The fraction of sp³-hybridized carbons (Fsp3) is 0.392. The first-order valence-corrected chi connectivity index (χ1v) is 23.1. The van der Waals surface area contributed by atoms with Gasteiger partial charge in [-0.25, -0.2) is 13.2 Å². The van der Waals surface area contributed by atoms with E-state index in [1.54, 1.807) is 41.7 Å². The van der Waals surface area contributed by atoms with Crippen molar-refractivity contribution in [2.45, 2.75) is 95.6 Å². The molecule has 4 aromatic carbocycles. The lowest BCUT2D eigenvalue weighted by Crippen LogP contribution is -2.52. The Morgan fingerprint density at radius 1 is 0.810 bits per heavy atom. The maximum atomic E-state index is 16.4. The molecule has 0 saturated carbocycles. The van der Waals surface area contributed by atoms with Crippen molar-refractivity contribution in [1.82, 2.24) is 19.7 Å². The lowest BCUT2D eigenvalue weighted by atomic mass is 9.68. The number of aromatic nitrogens is 3. The fourth-order valence-corrected chi connectivity index (χ4v) is 12.1. The third kappa shape index (κ3) is 7.67. The minimum Gasteiger partial charge on any atom is -0.508 e. The van der Waals surface area contributed by atoms with Crippen molar-refractivity contribution < 1.29 is 23.4 Å². The summed E-state index contributed by atoms with van der Waals surface area (Å²) in [5.74, 6) is -0.540. The Bertz CT molecular complexity index is 2690. The van der Waals surface area contributed by atoms with Crippen molar-refractivity contribution in [3.8, 4) is 10.8 Å². The number of nitrogens with zero attached hydrogens (tertiary/aromatic N) is 6. The number of halogens is 3. The molecular weight excluding hydrogens is 818 g/mol. The highest BCUT2D eigenvalue weighted by atomic mass is 32.1. The maximum absolute atomic E-state index is 16.4. The van der Waals surface area contributed by atoms with Crippen molar-refractivity contribution in [3.63, 3.8) is 0 Å². The zero-order valence-corrected chi connectivity index (χ0v) is 37.0. The van der Waals surface area contributed by atoms with Crippen LogP contribution < -0.4 is 4.90 Å². The number of aromatic hydroxyl groups is 1. The van der Waals surface area contributed by atoms with Crippen molar-refractivity contribution in [3.05, 3.63) is 157 Å². The number of rotatable bonds is 7. The van der Waals surface area contributed by atoms with E-state index in [9.17, 15) is 14.6 Å². The summed E-state index contributed by atoms with van der Waals surface area (Å²) >= 11 is 1.76. The molecule has 6 aromatic rings. The van der Waals surface area contributed by atoms with Crippen LogP contribution in [0.1, 0.15) is 124 Å². The zero-order valence-electron chi connectivity index (χ0n) is 36.2. The summed E-state index contributed by atoms with van der Waals surface area (Å²) in [4.78, 5) is 11.1. The second-order valence-corrected chi connectivity index (χ2v) is 19.5. The van der Waals surface area contributed by atoms with E-state index in [0.29, 0.717) is 37.8 Å². The Hall–Kier alpha value is -5.30. The van der Waals surface area contributed by atoms with Gasteiger partial charge in [0.1, 0.15) is 40.1 Å². The van der Waals surface area contributed by atoms with Crippen LogP contribution in [0.15, 0.2) is 83.9 Å². The summed E-state index contributed by atoms with van der Waals surface area (Å²) in [6.45, 7) is 11.9. The van der Waals surface area contributed by atoms with E-state index in [4.69, 9.17) is 4.99 Å². The van der Waals surface area contributed by atoms with Gasteiger partial charge in [0.25, 0.3) is 0 Å². The van der Waals surface area contributed by atoms with Gasteiger partial charge in [0, 0.05) is 52.8 Å². The van der Waals surface area contributed by atoms with Gasteiger partial charge in [0.2, 0.25) is 0 Å². The smallest absolute Gasteiger partial charge is 0.162 e. The molecule has 2 saturated heterocycles. The number of hydrogen-bond acceptors (Lipinski definition) is 8. The highest BCUT2D eigenvalue weighted by molar-refractivity contribution is 7.15. The number of anilines is 1. The molecule has 0 bridgehead atoms. The van der Waals surface area contributed by atoms with Crippen LogP contribution in [-0.4, -0.2) is 73.9 Å². The molecule has 8 nitrogen and oxygen atoms in total. The summed E-state index contributed by atoms with van der Waals surface area (Å²) in [7, 11) is 0. The summed E-state index contributed by atoms with van der Waals surface area (Å²) in [5, 5.41) is 32.0. The Morgan fingerprint density at radius 2 is 1.51 bits per heavy atom. The molecule has 3 atom stereocenters. The standard InChI is InChI=1S/C51H53F3N6O2S/c1-29-31(3)63-50-45(29)48(55-30(2)49-57-56-32(4)60(49)50)35-7-12-39(13-8-35)59-23-19-51(62,20-24-59)28-58-21-17-33(18-22-58)37-26-43(53)47(44(54)27-37)46-41(34-5-10-38(52)11-6-34)15-9-36-25-40(61)14-16-42(36)46/h5-8,10-14,16,25-27,30,33,41,46,61-62H,9,15,17-24,28H2,1-4H3/t30-,41?,46?/m0/s1. The van der Waals surface area contributed by atoms with Crippen molar-refractivity contribution in [2.24, 2.45) is 4.99 Å². The van der Waals surface area contributed by atoms with Crippen LogP contribution in [0.2, 0.25) is 0 Å². The fourth-order valence-electron chi connectivity index (χ4n) is 10.9. The number of likely N-dealkylation sites (tertiary alicyclic amines) is 1. The van der Waals surface area contributed by atoms with Crippen LogP contribution in [0.4, 0.5) is 18.9 Å². The van der Waals surface area contributed by atoms with Crippen LogP contribution >= 0.6 is 11.3 Å². The van der Waals surface area contributed by atoms with Crippen LogP contribution in [0, 0.1) is 38.2 Å². The second kappa shape index (κ2) is 16.4. The van der Waals surface area contributed by atoms with Gasteiger partial charge >= 0.3 is 0 Å². The van der Waals surface area contributed by atoms with E-state index in [1.807, 2.05) is 6.92 Å². The zero-order chi connectivity index (χ0) is 43.7. The minimum atomic E-state index is -0.815. The number of phenols is 1. The number of aliphatic imine (C=N–C) groups is 1. The molecule has 1 aliphatic carbocycles. The maximum Gasteiger partial charge on any atom is 0.162 e. The van der Waals surface area contributed by atoms with E-state index in [-0.39, 0.29) is 35.0 Å². The number of aliphatic hydroxyl groups is 1. The predicted octanol–water partition coefficient (Wildman–Crippen LogP) is 10.4. The Labute approximate surface area is 370 Å². The number of benzene rings is 4. The molecule has 2 unspecified atom stereocenters. The summed E-state index contributed by atoms with van der Waals surface area (Å²) in [6, 6.07) is 22.8. The topological polar surface area (TPSA) is 90.0 Å². The molecule has 4 aliphatic rings. The molecule has 3 aliphatic heterocycles. The molecule has 2 fully saturated rings. The largest absolute Gasteiger partial charge is 0.508 e. The molecule has 2 N–H and O–H groups in total. The average Bonchev–Trinajstić information content (AvgIpc) is 3.76. The van der Waals surface area contributed by atoms with Gasteiger partial charge < -0.3 is 20.0 Å². The molecule has 10 rings (SSSR count). The molecule has 0 radical (unpaired) electrons. The highest BCUT2D eigenvalue weighted by Gasteiger charge is 2.38. The summed E-state index contributed by atoms with van der Waals surface area (Å²) < 4.78 is 48.9. The molecule has 0 amide bonds. The second-order valence-electron chi connectivity index (χ2n) is 18.3. The predicted molar refractivity (Wildman–Crippen MR) is 243 cm³/mol. The van der Waals surface area contributed by atoms with Crippen LogP contribution in [-0.2, 0) is 6.42 Å². The van der Waals surface area contributed by atoms with E-state index in [2.05, 4.69) is 69.6 Å². The number of β-amino-alcohol motifs (C(OH)–C–C–N with tert-alkyl or cyclic N) is 1. The molecule has 326 valence electrons. The van der Waals surface area contributed by atoms with Crippen molar-refractivity contribution in [1.29, 1.82) is 0 Å². The molecule has 12 heteroatoms. The minimum absolute atomic E-state index is 0.00228. The molecular formula is C51H53F3N6O2S. The Kier molecular flexibility index (Phi) is 10.8. The quantitative estimate of drug-likeness (QED) is 0.166. The summed E-state index contributed by atoms with van der Waals surface area (Å²) in [5.41, 5.74) is 7.89. The third-order valence-corrected chi connectivity index (χ3v) is 15.6. The molecule has 0 spiro atoms. The van der Waals surface area contributed by atoms with Gasteiger partial charge in [-0.3, -0.25) is 9.56 Å². The van der Waals surface area contributed by atoms with Crippen molar-refractivity contribution in [2.75, 3.05) is 37.6 Å². The molecule has 63 heavy (non-hydrogen) atoms. The monoisotopic (exact) mass is 870 g/mol.